The molecule has 0 aromatic heterocycles. The van der Waals surface area contributed by atoms with Gasteiger partial charge in [0.2, 0.25) is 0 Å². The van der Waals surface area contributed by atoms with Crippen LogP contribution in [0.4, 0.5) is 4.79 Å². The van der Waals surface area contributed by atoms with Crippen LogP contribution < -0.4 is 10.1 Å². The number of carbonyl (C=O) groups is 2. The normalized spacial score (nSPS) is 11.6. The summed E-state index contributed by atoms with van der Waals surface area (Å²) in [6.45, 7) is -0.802. The lowest BCUT2D eigenvalue weighted by Gasteiger charge is -2.17. The molecular weight excluding hydrogens is 475 g/mol. The molecule has 0 fully saturated rings. The summed E-state index contributed by atoms with van der Waals surface area (Å²) in [7, 11) is 0. The van der Waals surface area contributed by atoms with Gasteiger partial charge in [0.1, 0.15) is 16.7 Å². The molecule has 1 unspecified atom stereocenters. The molecule has 28 heavy (non-hydrogen) atoms. The SMILES string of the molecule is O=C(NC(CO)C(=O)Oc1c(Cl)c(Cl)c(Cl)c(Cl)c1Cl)OCc1ccccc1. The molecule has 0 aliphatic heterocycles. The predicted octanol–water partition coefficient (Wildman–Crippen LogP) is 5.15. The van der Waals surface area contributed by atoms with Gasteiger partial charge < -0.3 is 19.9 Å². The number of rotatable bonds is 6. The lowest BCUT2D eigenvalue weighted by atomic mass is 10.2. The van der Waals surface area contributed by atoms with Crippen molar-refractivity contribution in [1.29, 1.82) is 0 Å². The van der Waals surface area contributed by atoms with Crippen molar-refractivity contribution in [2.45, 2.75) is 12.6 Å². The molecule has 0 bridgehead atoms. The third kappa shape index (κ3) is 5.56. The van der Waals surface area contributed by atoms with E-state index in [9.17, 15) is 14.7 Å². The highest BCUT2D eigenvalue weighted by Crippen LogP contribution is 2.48. The number of hydrogen-bond acceptors (Lipinski definition) is 5. The van der Waals surface area contributed by atoms with Gasteiger partial charge in [-0.25, -0.2) is 9.59 Å². The summed E-state index contributed by atoms with van der Waals surface area (Å²) in [6, 6.07) is 7.42. The standard InChI is InChI=1S/C17H12Cl5NO5/c18-10-11(19)13(21)15(14(22)12(10)20)28-16(25)9(6-24)23-17(26)27-7-8-4-2-1-3-5-8/h1-5,9,24H,6-7H2,(H,23,26). The van der Waals surface area contributed by atoms with E-state index in [1.54, 1.807) is 24.3 Å². The predicted molar refractivity (Wildman–Crippen MR) is 108 cm³/mol. The second-order valence-corrected chi connectivity index (χ2v) is 7.15. The number of benzene rings is 2. The quantitative estimate of drug-likeness (QED) is 0.255. The maximum atomic E-state index is 12.3. The molecule has 0 saturated carbocycles. The molecule has 1 atom stereocenters. The Labute approximate surface area is 185 Å². The van der Waals surface area contributed by atoms with E-state index in [1.807, 2.05) is 6.07 Å². The lowest BCUT2D eigenvalue weighted by molar-refractivity contribution is -0.137. The first-order valence-electron chi connectivity index (χ1n) is 7.57. The second-order valence-electron chi connectivity index (χ2n) is 5.26. The summed E-state index contributed by atoms with van der Waals surface area (Å²) in [4.78, 5) is 24.1. The Bertz CT molecular complexity index is 849. The first kappa shape index (κ1) is 22.9. The van der Waals surface area contributed by atoms with Gasteiger partial charge in [-0.1, -0.05) is 88.3 Å². The number of halogens is 5. The number of aliphatic hydroxyl groups is 1. The second kappa shape index (κ2) is 10.4. The molecule has 0 radical (unpaired) electrons. The van der Waals surface area contributed by atoms with Crippen LogP contribution in [0.25, 0.3) is 0 Å². The fraction of sp³-hybridized carbons (Fsp3) is 0.176. The van der Waals surface area contributed by atoms with Crippen LogP contribution >= 0.6 is 58.0 Å². The van der Waals surface area contributed by atoms with Gasteiger partial charge >= 0.3 is 12.1 Å². The molecular formula is C17H12Cl5NO5. The number of nitrogens with one attached hydrogen (secondary N) is 1. The van der Waals surface area contributed by atoms with E-state index in [1.165, 1.54) is 0 Å². The van der Waals surface area contributed by atoms with Crippen LogP contribution in [0.5, 0.6) is 5.75 Å². The van der Waals surface area contributed by atoms with Crippen LogP contribution in [0.15, 0.2) is 30.3 Å². The topological polar surface area (TPSA) is 84.9 Å². The Morgan fingerprint density at radius 1 is 0.929 bits per heavy atom. The maximum Gasteiger partial charge on any atom is 0.408 e. The fourth-order valence-electron chi connectivity index (χ4n) is 1.93. The van der Waals surface area contributed by atoms with Crippen LogP contribution in [-0.2, 0) is 16.1 Å². The van der Waals surface area contributed by atoms with Crippen molar-refractivity contribution in [3.8, 4) is 5.75 Å². The van der Waals surface area contributed by atoms with E-state index in [2.05, 4.69) is 5.32 Å². The molecule has 2 aromatic carbocycles. The Morgan fingerprint density at radius 2 is 1.46 bits per heavy atom. The van der Waals surface area contributed by atoms with Crippen LogP contribution in [0.3, 0.4) is 0 Å². The smallest absolute Gasteiger partial charge is 0.408 e. The summed E-state index contributed by atoms with van der Waals surface area (Å²) < 4.78 is 10.0. The van der Waals surface area contributed by atoms with E-state index in [0.29, 0.717) is 0 Å². The number of hydrogen-bond donors (Lipinski definition) is 2. The number of amides is 1. The molecule has 150 valence electrons. The minimum Gasteiger partial charge on any atom is -0.445 e. The number of esters is 1. The third-order valence-electron chi connectivity index (χ3n) is 3.34. The highest BCUT2D eigenvalue weighted by atomic mass is 35.5. The fourth-order valence-corrected chi connectivity index (χ4v) is 3.13. The number of carbonyl (C=O) groups excluding carboxylic acids is 2. The number of ether oxygens (including phenoxy) is 2. The minimum absolute atomic E-state index is 0.0279. The molecule has 0 heterocycles. The molecule has 2 rings (SSSR count). The summed E-state index contributed by atoms with van der Waals surface area (Å²) >= 11 is 29.6. The van der Waals surface area contributed by atoms with Gasteiger partial charge in [0.05, 0.1) is 21.7 Å². The van der Waals surface area contributed by atoms with Crippen molar-refractivity contribution in [1.82, 2.24) is 5.32 Å². The minimum atomic E-state index is -1.45. The van der Waals surface area contributed by atoms with Gasteiger partial charge in [-0.05, 0) is 5.56 Å². The van der Waals surface area contributed by atoms with Gasteiger partial charge in [-0.3, -0.25) is 0 Å². The first-order chi connectivity index (χ1) is 13.3. The zero-order valence-electron chi connectivity index (χ0n) is 13.8. The molecule has 1 amide bonds. The molecule has 0 aliphatic carbocycles. The van der Waals surface area contributed by atoms with E-state index in [-0.39, 0.29) is 37.5 Å². The van der Waals surface area contributed by atoms with Crippen molar-refractivity contribution in [2.24, 2.45) is 0 Å². The number of aliphatic hydroxyl groups excluding tert-OH is 1. The summed E-state index contributed by atoms with van der Waals surface area (Å²) in [5, 5.41) is 10.6. The molecule has 0 saturated heterocycles. The molecule has 11 heteroatoms. The van der Waals surface area contributed by atoms with Crippen LogP contribution in [0.1, 0.15) is 5.56 Å². The first-order valence-corrected chi connectivity index (χ1v) is 9.46. The average molecular weight is 488 g/mol. The van der Waals surface area contributed by atoms with E-state index in [0.717, 1.165) is 5.56 Å². The van der Waals surface area contributed by atoms with Gasteiger partial charge in [-0.15, -0.1) is 0 Å². The van der Waals surface area contributed by atoms with Crippen molar-refractivity contribution < 1.29 is 24.2 Å². The summed E-state index contributed by atoms with van der Waals surface area (Å²) in [5.41, 5.74) is 0.741. The van der Waals surface area contributed by atoms with Crippen molar-refractivity contribution in [3.05, 3.63) is 61.0 Å². The molecule has 2 N–H and O–H groups in total. The van der Waals surface area contributed by atoms with Crippen LogP contribution in [-0.4, -0.2) is 29.8 Å². The largest absolute Gasteiger partial charge is 0.445 e. The lowest BCUT2D eigenvalue weighted by Crippen LogP contribution is -2.45. The molecule has 6 nitrogen and oxygen atoms in total. The zero-order chi connectivity index (χ0) is 20.8. The van der Waals surface area contributed by atoms with Gasteiger partial charge in [0.25, 0.3) is 0 Å². The molecule has 0 spiro atoms. The summed E-state index contributed by atoms with van der Waals surface area (Å²) in [6.07, 6.45) is -0.941. The molecule has 2 aromatic rings. The Kier molecular flexibility index (Phi) is 8.49. The summed E-state index contributed by atoms with van der Waals surface area (Å²) in [5.74, 6) is -1.43. The molecule has 0 aliphatic rings. The van der Waals surface area contributed by atoms with Gasteiger partial charge in [0, 0.05) is 0 Å². The van der Waals surface area contributed by atoms with Crippen molar-refractivity contribution in [2.75, 3.05) is 6.61 Å². The average Bonchev–Trinajstić information content (AvgIpc) is 2.71. The van der Waals surface area contributed by atoms with Gasteiger partial charge in [-0.2, -0.15) is 0 Å². The zero-order valence-corrected chi connectivity index (χ0v) is 17.6. The van der Waals surface area contributed by atoms with Crippen molar-refractivity contribution in [3.63, 3.8) is 0 Å². The monoisotopic (exact) mass is 485 g/mol. The van der Waals surface area contributed by atoms with E-state index >= 15 is 0 Å². The highest BCUT2D eigenvalue weighted by Gasteiger charge is 2.27. The number of alkyl carbamates (subject to hydrolysis) is 1. The Balaban J connectivity index is 2.05. The Morgan fingerprint density at radius 3 is 2.00 bits per heavy atom. The Hall–Kier alpha value is -1.41. The highest BCUT2D eigenvalue weighted by molar-refractivity contribution is 6.55. The van der Waals surface area contributed by atoms with Crippen LogP contribution in [0.2, 0.25) is 25.1 Å². The maximum absolute atomic E-state index is 12.3. The van der Waals surface area contributed by atoms with Crippen LogP contribution in [0, 0.1) is 0 Å². The van der Waals surface area contributed by atoms with Crippen molar-refractivity contribution >= 4 is 70.1 Å². The van der Waals surface area contributed by atoms with Gasteiger partial charge in [0.15, 0.2) is 11.8 Å². The third-order valence-corrected chi connectivity index (χ3v) is 5.59. The van der Waals surface area contributed by atoms with E-state index in [4.69, 9.17) is 67.5 Å². The van der Waals surface area contributed by atoms with E-state index < -0.39 is 24.7 Å².